The predicted octanol–water partition coefficient (Wildman–Crippen LogP) is 1.68. The van der Waals surface area contributed by atoms with Gasteiger partial charge in [-0.05, 0) is 31.4 Å². The van der Waals surface area contributed by atoms with Gasteiger partial charge in [0.2, 0.25) is 0 Å². The maximum Gasteiger partial charge on any atom is 0.167 e. The summed E-state index contributed by atoms with van der Waals surface area (Å²) in [5.74, 6) is 0.161. The van der Waals surface area contributed by atoms with Gasteiger partial charge in [0.15, 0.2) is 5.78 Å². The van der Waals surface area contributed by atoms with Gasteiger partial charge in [-0.25, -0.2) is 0 Å². The third kappa shape index (κ3) is 2.42. The lowest BCUT2D eigenvalue weighted by Gasteiger charge is -2.08. The van der Waals surface area contributed by atoms with Crippen LogP contribution in [0.1, 0.15) is 24.1 Å². The second-order valence-corrected chi connectivity index (χ2v) is 3.91. The third-order valence-electron chi connectivity index (χ3n) is 2.75. The lowest BCUT2D eigenvalue weighted by Crippen LogP contribution is -2.22. The van der Waals surface area contributed by atoms with Crippen LogP contribution in [-0.4, -0.2) is 23.5 Å². The maximum absolute atomic E-state index is 11.8. The Morgan fingerprint density at radius 1 is 1.67 bits per heavy atom. The molecule has 0 spiro atoms. The van der Waals surface area contributed by atoms with Gasteiger partial charge in [0.25, 0.3) is 0 Å². The zero-order valence-electron chi connectivity index (χ0n) is 8.90. The van der Waals surface area contributed by atoms with Crippen LogP contribution in [0.15, 0.2) is 18.3 Å². The van der Waals surface area contributed by atoms with Crippen molar-refractivity contribution in [3.8, 4) is 0 Å². The minimum absolute atomic E-state index is 0.161. The molecule has 1 aromatic heterocycles. The smallest absolute Gasteiger partial charge is 0.167 e. The van der Waals surface area contributed by atoms with Crippen molar-refractivity contribution in [2.45, 2.75) is 32.3 Å². The van der Waals surface area contributed by atoms with Crippen molar-refractivity contribution < 1.29 is 9.53 Å². The molecule has 1 aliphatic heterocycles. The number of hydrogen-bond donors (Lipinski definition) is 0. The molecule has 0 N–H and O–H groups in total. The number of rotatable bonds is 3. The van der Waals surface area contributed by atoms with E-state index in [2.05, 4.69) is 4.98 Å². The standard InChI is InChI=1S/C12H15NO2/c1-9-4-2-6-13-10(9)8-11(14)12-5-3-7-15-12/h2,4,6,12H,3,5,7-8H2,1H3. The van der Waals surface area contributed by atoms with Gasteiger partial charge in [0, 0.05) is 12.8 Å². The molecule has 1 aromatic rings. The Morgan fingerprint density at radius 3 is 3.20 bits per heavy atom. The van der Waals surface area contributed by atoms with Crippen molar-refractivity contribution in [2.24, 2.45) is 0 Å². The van der Waals surface area contributed by atoms with Gasteiger partial charge in [-0.1, -0.05) is 6.07 Å². The molecule has 80 valence electrons. The number of pyridine rings is 1. The Morgan fingerprint density at radius 2 is 2.53 bits per heavy atom. The second-order valence-electron chi connectivity index (χ2n) is 3.91. The minimum Gasteiger partial charge on any atom is -0.370 e. The molecule has 2 heterocycles. The van der Waals surface area contributed by atoms with E-state index >= 15 is 0 Å². The fourth-order valence-corrected chi connectivity index (χ4v) is 1.81. The number of ether oxygens (including phenoxy) is 1. The number of ketones is 1. The molecule has 1 aliphatic rings. The van der Waals surface area contributed by atoms with E-state index in [4.69, 9.17) is 4.74 Å². The first-order valence-corrected chi connectivity index (χ1v) is 5.32. The van der Waals surface area contributed by atoms with E-state index < -0.39 is 0 Å². The molecular formula is C12H15NO2. The van der Waals surface area contributed by atoms with Crippen LogP contribution in [-0.2, 0) is 16.0 Å². The van der Waals surface area contributed by atoms with Crippen LogP contribution >= 0.6 is 0 Å². The molecule has 0 aliphatic carbocycles. The van der Waals surface area contributed by atoms with Crippen LogP contribution in [0.3, 0.4) is 0 Å². The van der Waals surface area contributed by atoms with Gasteiger partial charge >= 0.3 is 0 Å². The summed E-state index contributed by atoms with van der Waals surface area (Å²) in [6.45, 7) is 2.70. The summed E-state index contributed by atoms with van der Waals surface area (Å²) >= 11 is 0. The molecule has 1 fully saturated rings. The van der Waals surface area contributed by atoms with Gasteiger partial charge < -0.3 is 4.74 Å². The first-order chi connectivity index (χ1) is 7.27. The molecule has 3 nitrogen and oxygen atoms in total. The predicted molar refractivity (Wildman–Crippen MR) is 56.7 cm³/mol. The lowest BCUT2D eigenvalue weighted by molar-refractivity contribution is -0.127. The quantitative estimate of drug-likeness (QED) is 0.753. The Hall–Kier alpha value is -1.22. The van der Waals surface area contributed by atoms with Gasteiger partial charge in [0.05, 0.1) is 12.1 Å². The van der Waals surface area contributed by atoms with Crippen molar-refractivity contribution in [1.82, 2.24) is 4.98 Å². The Labute approximate surface area is 89.5 Å². The van der Waals surface area contributed by atoms with Crippen LogP contribution < -0.4 is 0 Å². The van der Waals surface area contributed by atoms with Gasteiger partial charge in [-0.3, -0.25) is 9.78 Å². The van der Waals surface area contributed by atoms with Crippen LogP contribution in [0.25, 0.3) is 0 Å². The minimum atomic E-state index is -0.189. The van der Waals surface area contributed by atoms with E-state index in [1.807, 2.05) is 19.1 Å². The van der Waals surface area contributed by atoms with E-state index in [0.717, 1.165) is 30.7 Å². The summed E-state index contributed by atoms with van der Waals surface area (Å²) in [6.07, 6.45) is 3.80. The second kappa shape index (κ2) is 4.53. The highest BCUT2D eigenvalue weighted by Gasteiger charge is 2.23. The first-order valence-electron chi connectivity index (χ1n) is 5.32. The Kier molecular flexibility index (Phi) is 3.11. The van der Waals surface area contributed by atoms with Crippen LogP contribution in [0.2, 0.25) is 0 Å². The molecule has 1 saturated heterocycles. The average Bonchev–Trinajstić information content (AvgIpc) is 2.74. The van der Waals surface area contributed by atoms with Gasteiger partial charge in [-0.2, -0.15) is 0 Å². The fraction of sp³-hybridized carbons (Fsp3) is 0.500. The van der Waals surface area contributed by atoms with E-state index in [0.29, 0.717) is 6.42 Å². The summed E-state index contributed by atoms with van der Waals surface area (Å²) in [5.41, 5.74) is 1.95. The molecular weight excluding hydrogens is 190 g/mol. The van der Waals surface area contributed by atoms with E-state index in [1.54, 1.807) is 6.20 Å². The summed E-state index contributed by atoms with van der Waals surface area (Å²) in [5, 5.41) is 0. The Bertz CT molecular complexity index is 356. The number of aryl methyl sites for hydroxylation is 1. The molecule has 15 heavy (non-hydrogen) atoms. The summed E-state index contributed by atoms with van der Waals surface area (Å²) in [4.78, 5) is 16.0. The summed E-state index contributed by atoms with van der Waals surface area (Å²) in [6, 6.07) is 3.86. The molecule has 0 aromatic carbocycles. The SMILES string of the molecule is Cc1cccnc1CC(=O)C1CCCO1. The van der Waals surface area contributed by atoms with Gasteiger partial charge in [-0.15, -0.1) is 0 Å². The molecule has 0 radical (unpaired) electrons. The average molecular weight is 205 g/mol. The topological polar surface area (TPSA) is 39.2 Å². The summed E-state index contributed by atoms with van der Waals surface area (Å²) < 4.78 is 5.35. The van der Waals surface area contributed by atoms with E-state index in [-0.39, 0.29) is 11.9 Å². The van der Waals surface area contributed by atoms with Crippen molar-refractivity contribution in [3.05, 3.63) is 29.6 Å². The van der Waals surface area contributed by atoms with Crippen LogP contribution in [0, 0.1) is 6.92 Å². The molecule has 3 heteroatoms. The number of carbonyl (C=O) groups excluding carboxylic acids is 1. The Balaban J connectivity index is 2.02. The molecule has 2 rings (SSSR count). The van der Waals surface area contributed by atoms with Crippen molar-refractivity contribution in [2.75, 3.05) is 6.61 Å². The number of hydrogen-bond acceptors (Lipinski definition) is 3. The number of Topliss-reactive ketones (excluding diaryl/α,β-unsaturated/α-hetero) is 1. The number of nitrogens with zero attached hydrogens (tertiary/aromatic N) is 1. The third-order valence-corrected chi connectivity index (χ3v) is 2.75. The van der Waals surface area contributed by atoms with Crippen LogP contribution in [0.4, 0.5) is 0 Å². The first kappa shape index (κ1) is 10.3. The monoisotopic (exact) mass is 205 g/mol. The summed E-state index contributed by atoms with van der Waals surface area (Å²) in [7, 11) is 0. The highest BCUT2D eigenvalue weighted by Crippen LogP contribution is 2.15. The molecule has 1 atom stereocenters. The highest BCUT2D eigenvalue weighted by molar-refractivity contribution is 5.85. The molecule has 0 amide bonds. The zero-order chi connectivity index (χ0) is 10.7. The van der Waals surface area contributed by atoms with Crippen molar-refractivity contribution >= 4 is 5.78 Å². The molecule has 0 saturated carbocycles. The van der Waals surface area contributed by atoms with Gasteiger partial charge in [0.1, 0.15) is 6.10 Å². The fourth-order valence-electron chi connectivity index (χ4n) is 1.81. The maximum atomic E-state index is 11.8. The molecule has 1 unspecified atom stereocenters. The van der Waals surface area contributed by atoms with E-state index in [9.17, 15) is 4.79 Å². The highest BCUT2D eigenvalue weighted by atomic mass is 16.5. The lowest BCUT2D eigenvalue weighted by atomic mass is 10.0. The number of aromatic nitrogens is 1. The largest absolute Gasteiger partial charge is 0.370 e. The number of carbonyl (C=O) groups is 1. The normalized spacial score (nSPS) is 20.5. The van der Waals surface area contributed by atoms with Crippen LogP contribution in [0.5, 0.6) is 0 Å². The molecule has 0 bridgehead atoms. The zero-order valence-corrected chi connectivity index (χ0v) is 8.90. The van der Waals surface area contributed by atoms with Crippen molar-refractivity contribution in [3.63, 3.8) is 0 Å². The van der Waals surface area contributed by atoms with E-state index in [1.165, 1.54) is 0 Å². The van der Waals surface area contributed by atoms with Crippen molar-refractivity contribution in [1.29, 1.82) is 0 Å².